The van der Waals surface area contributed by atoms with E-state index in [1.165, 1.54) is 6.08 Å². The number of hydrogen-bond donors (Lipinski definition) is 2. The zero-order chi connectivity index (χ0) is 9.14. The molecule has 2 atom stereocenters. The number of aliphatic hydroxyl groups excluding tert-OH is 2. The first-order valence-corrected chi connectivity index (χ1v) is 3.96. The van der Waals surface area contributed by atoms with Crippen molar-refractivity contribution in [3.05, 3.63) is 23.8 Å². The van der Waals surface area contributed by atoms with Crippen LogP contribution in [0.15, 0.2) is 23.8 Å². The van der Waals surface area contributed by atoms with Crippen LogP contribution in [-0.2, 0) is 0 Å². The number of hydrogen-bond acceptors (Lipinski definition) is 2. The smallest absolute Gasteiger partial charge is 0.127 e. The van der Waals surface area contributed by atoms with Crippen LogP contribution < -0.4 is 0 Å². The molecule has 1 rings (SSSR count). The van der Waals surface area contributed by atoms with Gasteiger partial charge in [0, 0.05) is 6.42 Å². The van der Waals surface area contributed by atoms with Crippen molar-refractivity contribution in [3.8, 4) is 0 Å². The van der Waals surface area contributed by atoms with E-state index in [1.54, 1.807) is 0 Å². The van der Waals surface area contributed by atoms with Crippen LogP contribution in [0.2, 0.25) is 0 Å². The van der Waals surface area contributed by atoms with Gasteiger partial charge >= 0.3 is 0 Å². The summed E-state index contributed by atoms with van der Waals surface area (Å²) >= 11 is 0. The Balaban J connectivity index is 2.73. The van der Waals surface area contributed by atoms with Crippen LogP contribution in [0.1, 0.15) is 12.8 Å². The molecule has 0 aromatic carbocycles. The molecule has 0 amide bonds. The van der Waals surface area contributed by atoms with Gasteiger partial charge in [0.1, 0.15) is 6.17 Å². The molecule has 0 bridgehead atoms. The molecule has 0 aliphatic heterocycles. The molecule has 1 fully saturated rings. The average Bonchev–Trinajstić information content (AvgIpc) is 2.00. The summed E-state index contributed by atoms with van der Waals surface area (Å²) in [6.07, 6.45) is 0.230. The number of halogens is 1. The van der Waals surface area contributed by atoms with E-state index in [0.717, 1.165) is 0 Å². The van der Waals surface area contributed by atoms with Gasteiger partial charge in [-0.05, 0) is 17.6 Å². The molecule has 0 saturated heterocycles. The minimum Gasteiger partial charge on any atom is -0.393 e. The molecule has 0 aromatic rings. The predicted octanol–water partition coefficient (Wildman–Crippen LogP) is 0.954. The van der Waals surface area contributed by atoms with E-state index < -0.39 is 12.3 Å². The highest BCUT2D eigenvalue weighted by Crippen LogP contribution is 2.29. The Labute approximate surface area is 71.0 Å². The van der Waals surface area contributed by atoms with Crippen LogP contribution >= 0.6 is 0 Å². The number of alkyl halides is 1. The van der Waals surface area contributed by atoms with Crippen molar-refractivity contribution in [2.45, 2.75) is 25.1 Å². The highest BCUT2D eigenvalue weighted by atomic mass is 19.1. The Hall–Kier alpha value is -0.670. The molecule has 68 valence electrons. The first kappa shape index (κ1) is 9.42. The lowest BCUT2D eigenvalue weighted by Gasteiger charge is -2.25. The highest BCUT2D eigenvalue weighted by Gasteiger charge is 2.26. The molecule has 1 aliphatic carbocycles. The van der Waals surface area contributed by atoms with E-state index in [1.807, 2.05) is 0 Å². The molecule has 0 aromatic heterocycles. The predicted molar refractivity (Wildman–Crippen MR) is 44.4 cm³/mol. The molecular weight excluding hydrogens is 159 g/mol. The molecule has 2 nitrogen and oxygen atoms in total. The van der Waals surface area contributed by atoms with Gasteiger partial charge in [0.25, 0.3) is 0 Å². The van der Waals surface area contributed by atoms with Crippen LogP contribution in [0.5, 0.6) is 0 Å². The summed E-state index contributed by atoms with van der Waals surface area (Å²) in [7, 11) is 0. The minimum absolute atomic E-state index is 0.127. The third kappa shape index (κ3) is 1.93. The standard InChI is InChI=1S/C9H13FO2/c1-6-7(2-3-11)4-8(12)5-9(6)10/h2,8-9,11-12H,1,3-5H2/b7-2-/t8-,9+/m1/s1. The second-order valence-corrected chi connectivity index (χ2v) is 3.00. The van der Waals surface area contributed by atoms with Gasteiger partial charge in [0.15, 0.2) is 0 Å². The Bertz CT molecular complexity index is 211. The van der Waals surface area contributed by atoms with Crippen LogP contribution in [-0.4, -0.2) is 29.1 Å². The zero-order valence-corrected chi connectivity index (χ0v) is 6.83. The fraction of sp³-hybridized carbons (Fsp3) is 0.556. The average molecular weight is 172 g/mol. The molecule has 1 aliphatic rings. The summed E-state index contributed by atoms with van der Waals surface area (Å²) in [6, 6.07) is 0. The third-order valence-electron chi connectivity index (χ3n) is 2.06. The molecule has 3 heteroatoms. The lowest BCUT2D eigenvalue weighted by atomic mass is 9.87. The van der Waals surface area contributed by atoms with E-state index in [9.17, 15) is 9.50 Å². The van der Waals surface area contributed by atoms with Gasteiger partial charge in [-0.15, -0.1) is 0 Å². The first-order chi connectivity index (χ1) is 5.65. The molecule has 0 spiro atoms. The van der Waals surface area contributed by atoms with Gasteiger partial charge in [-0.1, -0.05) is 12.7 Å². The number of aliphatic hydroxyl groups is 2. The molecule has 0 heterocycles. The Kier molecular flexibility index (Phi) is 3.00. The van der Waals surface area contributed by atoms with E-state index >= 15 is 0 Å². The normalized spacial score (nSPS) is 34.2. The van der Waals surface area contributed by atoms with Crippen molar-refractivity contribution < 1.29 is 14.6 Å². The highest BCUT2D eigenvalue weighted by molar-refractivity contribution is 5.34. The number of rotatable bonds is 1. The second-order valence-electron chi connectivity index (χ2n) is 3.00. The maximum atomic E-state index is 13.0. The fourth-order valence-corrected chi connectivity index (χ4v) is 1.38. The minimum atomic E-state index is -1.16. The Morgan fingerprint density at radius 2 is 2.33 bits per heavy atom. The van der Waals surface area contributed by atoms with Gasteiger partial charge in [-0.2, -0.15) is 0 Å². The molecule has 0 radical (unpaired) electrons. The summed E-state index contributed by atoms with van der Waals surface area (Å²) in [5.74, 6) is 0. The summed E-state index contributed by atoms with van der Waals surface area (Å²) in [6.45, 7) is 3.43. The fourth-order valence-electron chi connectivity index (χ4n) is 1.38. The summed E-state index contributed by atoms with van der Waals surface area (Å²) < 4.78 is 13.0. The second kappa shape index (κ2) is 3.83. The largest absolute Gasteiger partial charge is 0.393 e. The van der Waals surface area contributed by atoms with Gasteiger partial charge in [-0.25, -0.2) is 4.39 Å². The van der Waals surface area contributed by atoms with Gasteiger partial charge in [0.2, 0.25) is 0 Å². The molecule has 2 N–H and O–H groups in total. The lowest BCUT2D eigenvalue weighted by Crippen LogP contribution is -2.24. The first-order valence-electron chi connectivity index (χ1n) is 3.96. The number of allylic oxidation sites excluding steroid dienone is 1. The van der Waals surface area contributed by atoms with E-state index in [4.69, 9.17) is 5.11 Å². The van der Waals surface area contributed by atoms with Crippen LogP contribution in [0, 0.1) is 0 Å². The molecule has 0 unspecified atom stereocenters. The third-order valence-corrected chi connectivity index (χ3v) is 2.06. The summed E-state index contributed by atoms with van der Waals surface area (Å²) in [5.41, 5.74) is 1.04. The summed E-state index contributed by atoms with van der Waals surface area (Å²) in [4.78, 5) is 0. The SMILES string of the molecule is C=C1/C(=C\CO)C[C@@H](O)C[C@@H]1F. The van der Waals surface area contributed by atoms with Crippen molar-refractivity contribution in [1.82, 2.24) is 0 Å². The topological polar surface area (TPSA) is 40.5 Å². The Morgan fingerprint density at radius 1 is 1.67 bits per heavy atom. The van der Waals surface area contributed by atoms with Gasteiger partial charge < -0.3 is 10.2 Å². The van der Waals surface area contributed by atoms with Crippen molar-refractivity contribution in [2.24, 2.45) is 0 Å². The van der Waals surface area contributed by atoms with Gasteiger partial charge in [0.05, 0.1) is 12.7 Å². The lowest BCUT2D eigenvalue weighted by molar-refractivity contribution is 0.124. The van der Waals surface area contributed by atoms with E-state index in [-0.39, 0.29) is 13.0 Å². The summed E-state index contributed by atoms with van der Waals surface area (Å²) in [5, 5.41) is 17.8. The monoisotopic (exact) mass is 172 g/mol. The van der Waals surface area contributed by atoms with Gasteiger partial charge in [-0.3, -0.25) is 0 Å². The molecule has 1 saturated carbocycles. The van der Waals surface area contributed by atoms with Crippen molar-refractivity contribution in [2.75, 3.05) is 6.61 Å². The van der Waals surface area contributed by atoms with Crippen molar-refractivity contribution in [1.29, 1.82) is 0 Å². The molecule has 12 heavy (non-hydrogen) atoms. The molecular formula is C9H13FO2. The van der Waals surface area contributed by atoms with Crippen molar-refractivity contribution >= 4 is 0 Å². The zero-order valence-electron chi connectivity index (χ0n) is 6.83. The maximum Gasteiger partial charge on any atom is 0.127 e. The van der Waals surface area contributed by atoms with E-state index in [0.29, 0.717) is 17.6 Å². The maximum absolute atomic E-state index is 13.0. The van der Waals surface area contributed by atoms with Crippen LogP contribution in [0.25, 0.3) is 0 Å². The van der Waals surface area contributed by atoms with Crippen LogP contribution in [0.3, 0.4) is 0 Å². The Morgan fingerprint density at radius 3 is 2.92 bits per heavy atom. The quantitative estimate of drug-likeness (QED) is 0.618. The van der Waals surface area contributed by atoms with Crippen molar-refractivity contribution in [3.63, 3.8) is 0 Å². The van der Waals surface area contributed by atoms with Crippen LogP contribution in [0.4, 0.5) is 4.39 Å². The van der Waals surface area contributed by atoms with E-state index in [2.05, 4.69) is 6.58 Å².